The van der Waals surface area contributed by atoms with Crippen LogP contribution in [-0.2, 0) is 10.0 Å². The zero-order valence-electron chi connectivity index (χ0n) is 20.4. The van der Waals surface area contributed by atoms with Crippen molar-refractivity contribution in [1.29, 1.82) is 5.26 Å². The number of hydrogen-bond acceptors (Lipinski definition) is 9. The summed E-state index contributed by atoms with van der Waals surface area (Å²) in [6.45, 7) is 4.00. The van der Waals surface area contributed by atoms with E-state index >= 15 is 0 Å². The molecule has 14 heteroatoms. The van der Waals surface area contributed by atoms with Crippen LogP contribution in [0, 0.1) is 11.3 Å². The van der Waals surface area contributed by atoms with Crippen molar-refractivity contribution in [2.75, 3.05) is 24.7 Å². The molecule has 1 aliphatic heterocycles. The summed E-state index contributed by atoms with van der Waals surface area (Å²) in [6, 6.07) is 5.07. The minimum Gasteiger partial charge on any atom is -0.382 e. The van der Waals surface area contributed by atoms with E-state index in [1.165, 1.54) is 10.9 Å². The highest BCUT2D eigenvalue weighted by atomic mass is 32.2. The number of pyridine rings is 2. The van der Waals surface area contributed by atoms with E-state index in [1.807, 2.05) is 19.9 Å². The molecule has 12 nitrogen and oxygen atoms in total. The molecule has 5 rings (SSSR count). The largest absolute Gasteiger partial charge is 0.382 e. The number of alkyl halides is 1. The topological polar surface area (TPSA) is 148 Å². The van der Waals surface area contributed by atoms with Crippen LogP contribution < -0.4 is 5.32 Å². The summed E-state index contributed by atoms with van der Waals surface area (Å²) in [6.07, 6.45) is 6.38. The lowest BCUT2D eigenvalue weighted by molar-refractivity contribution is 0.128. The predicted molar refractivity (Wildman–Crippen MR) is 134 cm³/mol. The van der Waals surface area contributed by atoms with Crippen LogP contribution in [0.1, 0.15) is 31.9 Å². The van der Waals surface area contributed by atoms with Gasteiger partial charge in [-0.25, -0.2) is 27.5 Å². The Balaban J connectivity index is 1.47. The maximum absolute atomic E-state index is 14.9. The molecule has 0 unspecified atom stereocenters. The minimum atomic E-state index is -3.45. The number of hydrogen-bond donors (Lipinski definition) is 1. The van der Waals surface area contributed by atoms with E-state index in [0.717, 1.165) is 16.2 Å². The summed E-state index contributed by atoms with van der Waals surface area (Å²) in [4.78, 5) is 8.92. The first kappa shape index (κ1) is 24.7. The van der Waals surface area contributed by atoms with E-state index in [4.69, 9.17) is 5.26 Å². The van der Waals surface area contributed by atoms with Gasteiger partial charge in [-0.2, -0.15) is 19.3 Å². The second-order valence-corrected chi connectivity index (χ2v) is 11.3. The Kier molecular flexibility index (Phi) is 6.34. The van der Waals surface area contributed by atoms with Crippen molar-refractivity contribution in [3.8, 4) is 23.1 Å². The number of nitrogens with zero attached hydrogens (tertiary/aromatic N) is 9. The minimum absolute atomic E-state index is 0.0882. The number of piperidine rings is 1. The molecule has 1 N–H and O–H groups in total. The molecule has 1 saturated heterocycles. The Morgan fingerprint density at radius 1 is 1.22 bits per heavy atom. The second kappa shape index (κ2) is 9.49. The van der Waals surface area contributed by atoms with Gasteiger partial charge in [0, 0.05) is 54.2 Å². The maximum Gasteiger partial charge on any atom is 0.211 e. The lowest BCUT2D eigenvalue weighted by Crippen LogP contribution is -2.45. The maximum atomic E-state index is 14.9. The van der Waals surface area contributed by atoms with Gasteiger partial charge in [-0.15, -0.1) is 5.10 Å². The molecule has 0 spiro atoms. The predicted octanol–water partition coefficient (Wildman–Crippen LogP) is 2.31. The van der Waals surface area contributed by atoms with Crippen molar-refractivity contribution in [2.45, 2.75) is 38.5 Å². The third-order valence-electron chi connectivity index (χ3n) is 6.15. The molecule has 0 aliphatic carbocycles. The molecule has 192 valence electrons. The fourth-order valence-corrected chi connectivity index (χ4v) is 5.22. The van der Waals surface area contributed by atoms with Gasteiger partial charge in [-0.3, -0.25) is 0 Å². The summed E-state index contributed by atoms with van der Waals surface area (Å²) in [5.74, 6) is 0.517. The number of sulfonamides is 1. The van der Waals surface area contributed by atoms with E-state index < -0.39 is 22.2 Å². The number of fused-ring (bicyclic) bond motifs is 1. The van der Waals surface area contributed by atoms with Gasteiger partial charge in [-0.05, 0) is 26.3 Å². The third-order valence-corrected chi connectivity index (χ3v) is 7.42. The molecule has 1 fully saturated rings. The van der Waals surface area contributed by atoms with Crippen LogP contribution in [0.3, 0.4) is 0 Å². The number of halogens is 1. The van der Waals surface area contributed by atoms with Gasteiger partial charge in [0.05, 0.1) is 30.3 Å². The molecule has 4 aromatic rings. The van der Waals surface area contributed by atoms with Gasteiger partial charge in [0.1, 0.15) is 17.9 Å². The molecule has 0 radical (unpaired) electrons. The molecule has 4 aromatic heterocycles. The van der Waals surface area contributed by atoms with Gasteiger partial charge in [0.25, 0.3) is 0 Å². The molecule has 5 heterocycles. The second-order valence-electron chi connectivity index (χ2n) is 9.27. The fourth-order valence-electron chi connectivity index (χ4n) is 4.37. The van der Waals surface area contributed by atoms with Gasteiger partial charge in [0.15, 0.2) is 11.5 Å². The normalized spacial score (nSPS) is 18.8. The molecule has 37 heavy (non-hydrogen) atoms. The Morgan fingerprint density at radius 3 is 2.73 bits per heavy atom. The molecule has 0 aromatic carbocycles. The molecule has 0 amide bonds. The lowest BCUT2D eigenvalue weighted by atomic mass is 10.1. The van der Waals surface area contributed by atoms with Crippen LogP contribution in [0.4, 0.5) is 10.1 Å². The van der Waals surface area contributed by atoms with Gasteiger partial charge < -0.3 is 5.32 Å². The lowest BCUT2D eigenvalue weighted by Gasteiger charge is -2.32. The van der Waals surface area contributed by atoms with Crippen LogP contribution in [0.15, 0.2) is 36.9 Å². The first-order chi connectivity index (χ1) is 17.6. The SMILES string of the molecule is CC(C)Nc1cc(-n2ncc3cc(C#N)cnc32)ncc1-c1cn([C@H]2CCN(S(C)(=O)=O)C[C@@H]2F)nn1. The zero-order valence-corrected chi connectivity index (χ0v) is 21.3. The highest BCUT2D eigenvalue weighted by molar-refractivity contribution is 7.88. The molecular formula is C23H25FN10O2S. The van der Waals surface area contributed by atoms with Crippen LogP contribution in [0.5, 0.6) is 0 Å². The van der Waals surface area contributed by atoms with E-state index in [-0.39, 0.29) is 25.6 Å². The van der Waals surface area contributed by atoms with Crippen LogP contribution in [0.25, 0.3) is 28.1 Å². The van der Waals surface area contributed by atoms with E-state index in [9.17, 15) is 12.8 Å². The number of nitrogens with one attached hydrogen (secondary N) is 1. The van der Waals surface area contributed by atoms with Crippen molar-refractivity contribution in [2.24, 2.45) is 0 Å². The van der Waals surface area contributed by atoms with Gasteiger partial charge >= 0.3 is 0 Å². The molecule has 0 bridgehead atoms. The fraction of sp³-hybridized carbons (Fsp3) is 0.391. The smallest absolute Gasteiger partial charge is 0.211 e. The average molecular weight is 525 g/mol. The van der Waals surface area contributed by atoms with Crippen molar-refractivity contribution in [3.63, 3.8) is 0 Å². The van der Waals surface area contributed by atoms with E-state index in [0.29, 0.717) is 33.7 Å². The molecular weight excluding hydrogens is 499 g/mol. The van der Waals surface area contributed by atoms with Gasteiger partial charge in [0.2, 0.25) is 10.0 Å². The van der Waals surface area contributed by atoms with E-state index in [2.05, 4.69) is 36.8 Å². The van der Waals surface area contributed by atoms with Crippen molar-refractivity contribution >= 4 is 26.7 Å². The average Bonchev–Trinajstić information content (AvgIpc) is 3.50. The summed E-state index contributed by atoms with van der Waals surface area (Å²) in [5.41, 5.74) is 2.91. The van der Waals surface area contributed by atoms with Crippen molar-refractivity contribution in [3.05, 3.63) is 42.5 Å². The molecule has 2 atom stereocenters. The first-order valence-corrected chi connectivity index (χ1v) is 13.5. The number of rotatable bonds is 6. The Labute approximate surface area is 212 Å². The van der Waals surface area contributed by atoms with Gasteiger partial charge in [-0.1, -0.05) is 5.21 Å². The monoisotopic (exact) mass is 524 g/mol. The van der Waals surface area contributed by atoms with Crippen LogP contribution >= 0.6 is 0 Å². The quantitative estimate of drug-likeness (QED) is 0.401. The number of nitriles is 1. The first-order valence-electron chi connectivity index (χ1n) is 11.7. The zero-order chi connectivity index (χ0) is 26.3. The van der Waals surface area contributed by atoms with Crippen LogP contribution in [0.2, 0.25) is 0 Å². The van der Waals surface area contributed by atoms with Crippen molar-refractivity contribution < 1.29 is 12.8 Å². The highest BCUT2D eigenvalue weighted by Gasteiger charge is 2.35. The molecule has 1 aliphatic rings. The summed E-state index contributed by atoms with van der Waals surface area (Å²) >= 11 is 0. The number of aromatic nitrogens is 7. The molecule has 0 saturated carbocycles. The van der Waals surface area contributed by atoms with Crippen molar-refractivity contribution in [1.82, 2.24) is 39.0 Å². The standard InChI is InChI=1S/C23H25FN10O2S/c1-14(2)29-19-7-22(34-23-16(10-28-34)6-15(8-25)9-27-23)26-11-17(19)20-13-33(31-30-20)21-4-5-32(12-18(21)24)37(3,35)36/h6-7,9-11,13-14,18,21H,4-5,12H2,1-3H3,(H,26,29)/t18-,21-/m0/s1. The number of anilines is 1. The van der Waals surface area contributed by atoms with E-state index in [1.54, 1.807) is 29.3 Å². The highest BCUT2D eigenvalue weighted by Crippen LogP contribution is 2.31. The third kappa shape index (κ3) is 4.87. The summed E-state index contributed by atoms with van der Waals surface area (Å²) < 4.78 is 42.7. The summed E-state index contributed by atoms with van der Waals surface area (Å²) in [5, 5.41) is 26.0. The Bertz CT molecular complexity index is 1610. The Morgan fingerprint density at radius 2 is 2.03 bits per heavy atom. The van der Waals surface area contributed by atoms with Crippen LogP contribution in [-0.4, -0.2) is 79.0 Å². The summed E-state index contributed by atoms with van der Waals surface area (Å²) in [7, 11) is -3.45. The Hall–Kier alpha value is -3.96.